The van der Waals surface area contributed by atoms with Crippen LogP contribution in [0, 0.1) is 5.82 Å². The van der Waals surface area contributed by atoms with E-state index >= 15 is 0 Å². The number of carboxylic acid groups (broad SMARTS) is 1. The third-order valence-electron chi connectivity index (χ3n) is 2.89. The highest BCUT2D eigenvalue weighted by Gasteiger charge is 2.32. The van der Waals surface area contributed by atoms with E-state index in [4.69, 9.17) is 5.11 Å². The van der Waals surface area contributed by atoms with Gasteiger partial charge in [-0.3, -0.25) is 4.72 Å². The summed E-state index contributed by atoms with van der Waals surface area (Å²) < 4.78 is 77.9. The van der Waals surface area contributed by atoms with Crippen molar-refractivity contribution >= 4 is 21.7 Å². The molecule has 0 atom stereocenters. The molecule has 0 bridgehead atoms. The molecule has 2 rings (SSSR count). The van der Waals surface area contributed by atoms with Gasteiger partial charge in [0, 0.05) is 0 Å². The van der Waals surface area contributed by atoms with Gasteiger partial charge in [-0.1, -0.05) is 12.1 Å². The normalized spacial score (nSPS) is 12.0. The fraction of sp³-hybridized carbons (Fsp3) is 0.0714. The standard InChI is InChI=1S/C14H9F4NO4S/c15-11-3-1-2-4-12(11)24(22,23)19-10-6-8(13(20)21)5-9(7-10)14(16,17)18/h1-7,19H,(H,20,21). The van der Waals surface area contributed by atoms with Crippen LogP contribution >= 0.6 is 0 Å². The number of alkyl halides is 3. The van der Waals surface area contributed by atoms with Crippen LogP contribution in [-0.2, 0) is 16.2 Å². The lowest BCUT2D eigenvalue weighted by Gasteiger charge is -2.13. The van der Waals surface area contributed by atoms with E-state index in [2.05, 4.69) is 0 Å². The molecule has 10 heteroatoms. The van der Waals surface area contributed by atoms with E-state index in [1.165, 1.54) is 12.1 Å². The van der Waals surface area contributed by atoms with Crippen molar-refractivity contribution in [2.45, 2.75) is 11.1 Å². The minimum absolute atomic E-state index is 0.364. The van der Waals surface area contributed by atoms with E-state index in [0.29, 0.717) is 18.2 Å². The molecule has 0 heterocycles. The molecule has 2 N–H and O–H groups in total. The Hall–Kier alpha value is -2.62. The lowest BCUT2D eigenvalue weighted by Crippen LogP contribution is -2.16. The van der Waals surface area contributed by atoms with Gasteiger partial charge in [0.2, 0.25) is 0 Å². The van der Waals surface area contributed by atoms with E-state index in [-0.39, 0.29) is 0 Å². The van der Waals surface area contributed by atoms with Crippen molar-refractivity contribution in [1.82, 2.24) is 0 Å². The van der Waals surface area contributed by atoms with Gasteiger partial charge in [0.25, 0.3) is 10.0 Å². The molecular formula is C14H9F4NO4S. The molecule has 0 fully saturated rings. The smallest absolute Gasteiger partial charge is 0.416 e. The van der Waals surface area contributed by atoms with Gasteiger partial charge in [-0.2, -0.15) is 13.2 Å². The zero-order valence-corrected chi connectivity index (χ0v) is 12.5. The minimum atomic E-state index is -4.89. The van der Waals surface area contributed by atoms with Crippen molar-refractivity contribution in [2.75, 3.05) is 4.72 Å². The van der Waals surface area contributed by atoms with Crippen molar-refractivity contribution in [2.24, 2.45) is 0 Å². The molecule has 24 heavy (non-hydrogen) atoms. The van der Waals surface area contributed by atoms with Crippen LogP contribution in [0.25, 0.3) is 0 Å². The van der Waals surface area contributed by atoms with E-state index in [0.717, 1.165) is 12.1 Å². The maximum atomic E-state index is 13.6. The van der Waals surface area contributed by atoms with Crippen LogP contribution in [0.2, 0.25) is 0 Å². The van der Waals surface area contributed by atoms with Gasteiger partial charge in [-0.05, 0) is 30.3 Å². The molecule has 0 aliphatic rings. The largest absolute Gasteiger partial charge is 0.478 e. The van der Waals surface area contributed by atoms with E-state index in [1.54, 1.807) is 4.72 Å². The molecule has 2 aromatic rings. The SMILES string of the molecule is O=C(O)c1cc(NS(=O)(=O)c2ccccc2F)cc(C(F)(F)F)c1. The summed E-state index contributed by atoms with van der Waals surface area (Å²) in [5, 5.41) is 8.85. The maximum absolute atomic E-state index is 13.6. The molecule has 0 amide bonds. The Morgan fingerprint density at radius 1 is 1.08 bits per heavy atom. The number of carbonyl (C=O) groups is 1. The molecule has 0 unspecified atom stereocenters. The number of anilines is 1. The Balaban J connectivity index is 2.51. The molecule has 0 saturated carbocycles. The van der Waals surface area contributed by atoms with E-state index < -0.39 is 49.7 Å². The Morgan fingerprint density at radius 2 is 1.71 bits per heavy atom. The van der Waals surface area contributed by atoms with Gasteiger partial charge >= 0.3 is 12.1 Å². The molecule has 128 valence electrons. The van der Waals surface area contributed by atoms with Gasteiger partial charge < -0.3 is 5.11 Å². The third-order valence-corrected chi connectivity index (χ3v) is 4.30. The van der Waals surface area contributed by atoms with E-state index in [9.17, 15) is 30.8 Å². The van der Waals surface area contributed by atoms with Crippen molar-refractivity contribution in [3.63, 3.8) is 0 Å². The molecule has 0 aromatic heterocycles. The summed E-state index contributed by atoms with van der Waals surface area (Å²) in [6, 6.07) is 5.74. The summed E-state index contributed by atoms with van der Waals surface area (Å²) in [4.78, 5) is 10.1. The topological polar surface area (TPSA) is 83.5 Å². The number of halogens is 4. The van der Waals surface area contributed by atoms with Crippen LogP contribution in [0.15, 0.2) is 47.4 Å². The highest BCUT2D eigenvalue weighted by Crippen LogP contribution is 2.32. The average Bonchev–Trinajstić information content (AvgIpc) is 2.45. The van der Waals surface area contributed by atoms with E-state index in [1.807, 2.05) is 0 Å². The molecule has 0 aliphatic carbocycles. The van der Waals surface area contributed by atoms with Crippen molar-refractivity contribution in [1.29, 1.82) is 0 Å². The Morgan fingerprint density at radius 3 is 2.25 bits per heavy atom. The van der Waals surface area contributed by atoms with Crippen LogP contribution in [0.1, 0.15) is 15.9 Å². The highest BCUT2D eigenvalue weighted by molar-refractivity contribution is 7.92. The molecule has 2 aromatic carbocycles. The van der Waals surface area contributed by atoms with Crippen molar-refractivity contribution in [3.05, 3.63) is 59.4 Å². The van der Waals surface area contributed by atoms with Gasteiger partial charge in [0.05, 0.1) is 16.8 Å². The molecule has 0 radical (unpaired) electrons. The van der Waals surface area contributed by atoms with Crippen LogP contribution in [0.4, 0.5) is 23.2 Å². The first kappa shape index (κ1) is 17.7. The van der Waals surface area contributed by atoms with Crippen molar-refractivity contribution in [3.8, 4) is 0 Å². The summed E-state index contributed by atoms with van der Waals surface area (Å²) in [6.45, 7) is 0. The van der Waals surface area contributed by atoms with Crippen LogP contribution < -0.4 is 4.72 Å². The second kappa shape index (κ2) is 6.11. The van der Waals surface area contributed by atoms with Gasteiger partial charge in [0.1, 0.15) is 10.7 Å². The maximum Gasteiger partial charge on any atom is 0.416 e. The predicted molar refractivity (Wildman–Crippen MR) is 75.6 cm³/mol. The van der Waals surface area contributed by atoms with Crippen LogP contribution in [-0.4, -0.2) is 19.5 Å². The lowest BCUT2D eigenvalue weighted by atomic mass is 10.1. The molecule has 5 nitrogen and oxygen atoms in total. The van der Waals surface area contributed by atoms with Gasteiger partial charge in [0.15, 0.2) is 0 Å². The van der Waals surface area contributed by atoms with Crippen LogP contribution in [0.3, 0.4) is 0 Å². The summed E-state index contributed by atoms with van der Waals surface area (Å²) >= 11 is 0. The average molecular weight is 363 g/mol. The Bertz CT molecular complexity index is 894. The molecule has 0 saturated heterocycles. The zero-order chi connectivity index (χ0) is 18.1. The number of hydrogen-bond acceptors (Lipinski definition) is 3. The fourth-order valence-corrected chi connectivity index (χ4v) is 2.97. The Labute approximate surface area is 133 Å². The summed E-state index contributed by atoms with van der Waals surface area (Å²) in [7, 11) is -4.53. The zero-order valence-electron chi connectivity index (χ0n) is 11.6. The first-order valence-electron chi connectivity index (χ1n) is 6.23. The number of rotatable bonds is 4. The third kappa shape index (κ3) is 3.82. The van der Waals surface area contributed by atoms with Crippen LogP contribution in [0.5, 0.6) is 0 Å². The number of carboxylic acids is 1. The fourth-order valence-electron chi connectivity index (χ4n) is 1.85. The molecular weight excluding hydrogens is 354 g/mol. The summed E-state index contributed by atoms with van der Waals surface area (Å²) in [5.74, 6) is -2.78. The summed E-state index contributed by atoms with van der Waals surface area (Å²) in [6.07, 6.45) is -4.89. The Kier molecular flexibility index (Phi) is 4.52. The first-order valence-corrected chi connectivity index (χ1v) is 7.72. The van der Waals surface area contributed by atoms with Gasteiger partial charge in [-0.15, -0.1) is 0 Å². The minimum Gasteiger partial charge on any atom is -0.478 e. The quantitative estimate of drug-likeness (QED) is 0.816. The second-order valence-electron chi connectivity index (χ2n) is 4.64. The summed E-state index contributed by atoms with van der Waals surface area (Å²) in [5.41, 5.74) is -2.77. The predicted octanol–water partition coefficient (Wildman–Crippen LogP) is 3.34. The second-order valence-corrected chi connectivity index (χ2v) is 6.29. The molecule has 0 aliphatic heterocycles. The monoisotopic (exact) mass is 363 g/mol. The van der Waals surface area contributed by atoms with Gasteiger partial charge in [-0.25, -0.2) is 17.6 Å². The number of aromatic carboxylic acids is 1. The van der Waals surface area contributed by atoms with Crippen molar-refractivity contribution < 1.29 is 35.9 Å². The molecule has 0 spiro atoms. The highest BCUT2D eigenvalue weighted by atomic mass is 32.2. The number of hydrogen-bond donors (Lipinski definition) is 2. The number of benzene rings is 2. The number of sulfonamides is 1. The lowest BCUT2D eigenvalue weighted by molar-refractivity contribution is -0.137. The first-order chi connectivity index (χ1) is 11.0. The number of nitrogens with one attached hydrogen (secondary N) is 1.